The molecule has 1 rings (SSSR count). The molecule has 0 aliphatic rings. The maximum Gasteiger partial charge on any atom is 0.241 e. The first-order valence-electron chi connectivity index (χ1n) is 5.92. The highest BCUT2D eigenvalue weighted by molar-refractivity contribution is 7.92. The predicted molar refractivity (Wildman–Crippen MR) is 81.9 cm³/mol. The fourth-order valence-corrected chi connectivity index (χ4v) is 2.44. The van der Waals surface area contributed by atoms with Crippen molar-refractivity contribution in [1.29, 1.82) is 0 Å². The van der Waals surface area contributed by atoms with Crippen molar-refractivity contribution in [2.24, 2.45) is 0 Å². The molecular weight excluding hydrogens is 321 g/mol. The maximum atomic E-state index is 12.1. The van der Waals surface area contributed by atoms with E-state index in [0.29, 0.717) is 15.6 Å². The van der Waals surface area contributed by atoms with Crippen molar-refractivity contribution in [3.05, 3.63) is 33.8 Å². The molecule has 0 spiro atoms. The standard InChI is InChI=1S/C13H17Cl2NO3S/c1-8(10-6-5-9(14)7-11(10)15)16-12(17)13(2,3)20(4,18)19/h5-8H,1-4H3,(H,16,17)/t8-/m1/s1. The van der Waals surface area contributed by atoms with Crippen molar-refractivity contribution >= 4 is 38.9 Å². The van der Waals surface area contributed by atoms with Gasteiger partial charge in [0.1, 0.15) is 4.75 Å². The van der Waals surface area contributed by atoms with Gasteiger partial charge in [-0.25, -0.2) is 8.42 Å². The molecule has 0 aromatic heterocycles. The van der Waals surface area contributed by atoms with Gasteiger partial charge in [0.2, 0.25) is 5.91 Å². The molecule has 0 aliphatic carbocycles. The first-order valence-corrected chi connectivity index (χ1v) is 8.57. The third-order valence-electron chi connectivity index (χ3n) is 3.25. The monoisotopic (exact) mass is 337 g/mol. The zero-order valence-corrected chi connectivity index (χ0v) is 14.0. The third-order valence-corrected chi connectivity index (χ3v) is 5.85. The lowest BCUT2D eigenvalue weighted by atomic mass is 10.1. The van der Waals surface area contributed by atoms with Gasteiger partial charge in [0, 0.05) is 16.3 Å². The van der Waals surface area contributed by atoms with Gasteiger partial charge >= 0.3 is 0 Å². The molecule has 1 N–H and O–H groups in total. The van der Waals surface area contributed by atoms with E-state index in [0.717, 1.165) is 6.26 Å². The second-order valence-corrected chi connectivity index (χ2v) is 8.55. The van der Waals surface area contributed by atoms with Crippen LogP contribution in [0.2, 0.25) is 10.0 Å². The van der Waals surface area contributed by atoms with Crippen molar-refractivity contribution in [1.82, 2.24) is 5.32 Å². The molecule has 112 valence electrons. The average Bonchev–Trinajstić information content (AvgIpc) is 2.26. The number of sulfone groups is 1. The van der Waals surface area contributed by atoms with Gasteiger partial charge in [0.15, 0.2) is 9.84 Å². The summed E-state index contributed by atoms with van der Waals surface area (Å²) in [6.45, 7) is 4.47. The molecule has 7 heteroatoms. The average molecular weight is 338 g/mol. The van der Waals surface area contributed by atoms with Gasteiger partial charge in [-0.1, -0.05) is 29.3 Å². The fourth-order valence-electron chi connectivity index (χ4n) is 1.47. The first-order chi connectivity index (χ1) is 8.96. The summed E-state index contributed by atoms with van der Waals surface area (Å²) in [4.78, 5) is 12.1. The van der Waals surface area contributed by atoms with Crippen LogP contribution in [0.1, 0.15) is 32.4 Å². The van der Waals surface area contributed by atoms with Crippen molar-refractivity contribution in [3.63, 3.8) is 0 Å². The van der Waals surface area contributed by atoms with Crippen LogP contribution in [0, 0.1) is 0 Å². The summed E-state index contributed by atoms with van der Waals surface area (Å²) >= 11 is 11.9. The van der Waals surface area contributed by atoms with Gasteiger partial charge in [-0.2, -0.15) is 0 Å². The predicted octanol–water partition coefficient (Wildman–Crippen LogP) is 2.99. The van der Waals surface area contributed by atoms with Crippen molar-refractivity contribution < 1.29 is 13.2 Å². The van der Waals surface area contributed by atoms with Crippen LogP contribution in [0.3, 0.4) is 0 Å². The minimum Gasteiger partial charge on any atom is -0.348 e. The zero-order valence-electron chi connectivity index (χ0n) is 11.7. The first kappa shape index (κ1) is 17.3. The number of amides is 1. The number of nitrogens with one attached hydrogen (secondary N) is 1. The molecule has 1 aromatic carbocycles. The highest BCUT2D eigenvalue weighted by Gasteiger charge is 2.39. The van der Waals surface area contributed by atoms with Crippen LogP contribution in [0.25, 0.3) is 0 Å². The molecular formula is C13H17Cl2NO3S. The zero-order chi connectivity index (χ0) is 15.7. The van der Waals surface area contributed by atoms with Crippen LogP contribution in [0.4, 0.5) is 0 Å². The lowest BCUT2D eigenvalue weighted by Gasteiger charge is -2.24. The van der Waals surface area contributed by atoms with Crippen molar-refractivity contribution in [2.45, 2.75) is 31.6 Å². The summed E-state index contributed by atoms with van der Waals surface area (Å²) in [6, 6.07) is 4.51. The summed E-state index contributed by atoms with van der Waals surface area (Å²) in [5.41, 5.74) is 0.675. The van der Waals surface area contributed by atoms with Crippen LogP contribution in [0.15, 0.2) is 18.2 Å². The molecule has 0 bridgehead atoms. The minimum atomic E-state index is -3.51. The molecule has 0 saturated carbocycles. The van der Waals surface area contributed by atoms with E-state index >= 15 is 0 Å². The van der Waals surface area contributed by atoms with Crippen LogP contribution in [0.5, 0.6) is 0 Å². The molecule has 1 atom stereocenters. The Kier molecular flexibility index (Phi) is 5.11. The van der Waals surface area contributed by atoms with E-state index in [1.54, 1.807) is 25.1 Å². The highest BCUT2D eigenvalue weighted by Crippen LogP contribution is 2.27. The SMILES string of the molecule is C[C@@H](NC(=O)C(C)(C)S(C)(=O)=O)c1ccc(Cl)cc1Cl. The molecule has 1 amide bonds. The number of halogens is 2. The van der Waals surface area contributed by atoms with Crippen LogP contribution < -0.4 is 5.32 Å². The second kappa shape index (κ2) is 5.92. The largest absolute Gasteiger partial charge is 0.348 e. The van der Waals surface area contributed by atoms with Crippen LogP contribution in [-0.4, -0.2) is 25.3 Å². The smallest absolute Gasteiger partial charge is 0.241 e. The van der Waals surface area contributed by atoms with Crippen molar-refractivity contribution in [3.8, 4) is 0 Å². The van der Waals surface area contributed by atoms with Crippen LogP contribution in [-0.2, 0) is 14.6 Å². The van der Waals surface area contributed by atoms with Gasteiger partial charge in [0.25, 0.3) is 0 Å². The lowest BCUT2D eigenvalue weighted by Crippen LogP contribution is -2.48. The summed E-state index contributed by atoms with van der Waals surface area (Å²) in [6.07, 6.45) is 1.03. The number of carbonyl (C=O) groups excluding carboxylic acids is 1. The quantitative estimate of drug-likeness (QED) is 0.918. The van der Waals surface area contributed by atoms with E-state index in [9.17, 15) is 13.2 Å². The Balaban J connectivity index is 2.96. The number of hydrogen-bond donors (Lipinski definition) is 1. The van der Waals surface area contributed by atoms with Gasteiger partial charge in [-0.15, -0.1) is 0 Å². The Morgan fingerprint density at radius 1 is 1.30 bits per heavy atom. The summed E-state index contributed by atoms with van der Waals surface area (Å²) in [5, 5.41) is 3.57. The van der Waals surface area contributed by atoms with E-state index in [1.165, 1.54) is 13.8 Å². The molecule has 4 nitrogen and oxygen atoms in total. The van der Waals surface area contributed by atoms with Gasteiger partial charge < -0.3 is 5.32 Å². The number of carbonyl (C=O) groups is 1. The molecule has 0 unspecified atom stereocenters. The highest BCUT2D eigenvalue weighted by atomic mass is 35.5. The van der Waals surface area contributed by atoms with Gasteiger partial charge in [-0.05, 0) is 38.5 Å². The third kappa shape index (κ3) is 3.65. The number of benzene rings is 1. The molecule has 0 saturated heterocycles. The summed E-state index contributed by atoms with van der Waals surface area (Å²) in [7, 11) is -3.51. The Morgan fingerprint density at radius 2 is 1.85 bits per heavy atom. The van der Waals surface area contributed by atoms with Crippen molar-refractivity contribution in [2.75, 3.05) is 6.26 Å². The summed E-state index contributed by atoms with van der Waals surface area (Å²) in [5.74, 6) is -0.571. The maximum absolute atomic E-state index is 12.1. The summed E-state index contributed by atoms with van der Waals surface area (Å²) < 4.78 is 21.7. The Labute approximate surface area is 129 Å². The number of rotatable bonds is 4. The van der Waals surface area contributed by atoms with Crippen LogP contribution >= 0.6 is 23.2 Å². The molecule has 0 heterocycles. The Bertz CT molecular complexity index is 627. The van der Waals surface area contributed by atoms with E-state index in [2.05, 4.69) is 5.32 Å². The lowest BCUT2D eigenvalue weighted by molar-refractivity contribution is -0.123. The molecule has 20 heavy (non-hydrogen) atoms. The molecule has 0 radical (unpaired) electrons. The fraction of sp³-hybridized carbons (Fsp3) is 0.462. The van der Waals surface area contributed by atoms with E-state index < -0.39 is 26.5 Å². The van der Waals surface area contributed by atoms with E-state index in [-0.39, 0.29) is 0 Å². The molecule has 1 aromatic rings. The van der Waals surface area contributed by atoms with E-state index in [1.807, 2.05) is 0 Å². The second-order valence-electron chi connectivity index (χ2n) is 5.14. The van der Waals surface area contributed by atoms with E-state index in [4.69, 9.17) is 23.2 Å². The molecule has 0 aliphatic heterocycles. The Morgan fingerprint density at radius 3 is 2.30 bits per heavy atom. The normalized spacial score (nSPS) is 13.9. The number of hydrogen-bond acceptors (Lipinski definition) is 3. The Hall–Kier alpha value is -0.780. The minimum absolute atomic E-state index is 0.419. The molecule has 0 fully saturated rings. The van der Waals surface area contributed by atoms with Gasteiger partial charge in [-0.3, -0.25) is 4.79 Å². The van der Waals surface area contributed by atoms with Gasteiger partial charge in [0.05, 0.1) is 6.04 Å². The topological polar surface area (TPSA) is 63.2 Å².